The summed E-state index contributed by atoms with van der Waals surface area (Å²) in [6, 6.07) is 12.2. The summed E-state index contributed by atoms with van der Waals surface area (Å²) in [5.74, 6) is 1.36. The average molecular weight is 391 g/mol. The molecule has 0 saturated heterocycles. The molecule has 5 heteroatoms. The van der Waals surface area contributed by atoms with E-state index in [1.807, 2.05) is 18.2 Å². The summed E-state index contributed by atoms with van der Waals surface area (Å²) in [4.78, 5) is 23.2. The molecule has 28 heavy (non-hydrogen) atoms. The number of hydrogen-bond acceptors (Lipinski definition) is 4. The van der Waals surface area contributed by atoms with E-state index in [-0.39, 0.29) is 5.56 Å². The van der Waals surface area contributed by atoms with Gasteiger partial charge in [-0.2, -0.15) is 0 Å². The molecule has 0 aliphatic heterocycles. The van der Waals surface area contributed by atoms with Crippen LogP contribution >= 0.6 is 11.3 Å². The molecule has 0 atom stereocenters. The van der Waals surface area contributed by atoms with E-state index in [1.165, 1.54) is 16.9 Å². The highest BCUT2D eigenvalue weighted by atomic mass is 32.1. The summed E-state index contributed by atoms with van der Waals surface area (Å²) >= 11 is 1.68. The predicted octanol–water partition coefficient (Wildman–Crippen LogP) is 5.47. The molecule has 4 nitrogen and oxygen atoms in total. The second-order valence-corrected chi connectivity index (χ2v) is 8.40. The molecule has 1 N–H and O–H groups in total. The monoisotopic (exact) mass is 390 g/mol. The molecule has 2 heterocycles. The third-order valence-electron chi connectivity index (χ3n) is 5.41. The summed E-state index contributed by atoms with van der Waals surface area (Å²) in [6.07, 6.45) is 5.32. The lowest BCUT2D eigenvalue weighted by Crippen LogP contribution is -2.11. The van der Waals surface area contributed by atoms with Gasteiger partial charge < -0.3 is 9.72 Å². The standard InChI is InChI=1S/C23H22N2O2S/c1-2-13-27-17-12-11-14-7-3-4-8-15(14)19(17)21-24-22(26)20-16-9-5-6-10-18(16)28-23(20)25-21/h3-4,7-8,11-12H,2,5-6,9-10,13H2,1H3,(H,24,25,26). The highest BCUT2D eigenvalue weighted by molar-refractivity contribution is 7.18. The zero-order valence-electron chi connectivity index (χ0n) is 15.9. The van der Waals surface area contributed by atoms with Crippen LogP contribution in [0.3, 0.4) is 0 Å². The van der Waals surface area contributed by atoms with Gasteiger partial charge in [-0.1, -0.05) is 37.3 Å². The Bertz CT molecular complexity index is 1240. The minimum Gasteiger partial charge on any atom is -0.493 e. The summed E-state index contributed by atoms with van der Waals surface area (Å²) in [7, 11) is 0. The lowest BCUT2D eigenvalue weighted by atomic mass is 9.97. The Hall–Kier alpha value is -2.66. The average Bonchev–Trinajstić information content (AvgIpc) is 3.10. The fourth-order valence-corrected chi connectivity index (χ4v) is 5.37. The Morgan fingerprint density at radius 2 is 2.00 bits per heavy atom. The van der Waals surface area contributed by atoms with Gasteiger partial charge in [-0.05, 0) is 54.5 Å². The molecule has 0 radical (unpaired) electrons. The van der Waals surface area contributed by atoms with Crippen molar-refractivity contribution in [1.29, 1.82) is 0 Å². The molecule has 0 saturated carbocycles. The third kappa shape index (κ3) is 2.81. The Kier molecular flexibility index (Phi) is 4.40. The van der Waals surface area contributed by atoms with Crippen LogP contribution in [0.5, 0.6) is 5.75 Å². The summed E-state index contributed by atoms with van der Waals surface area (Å²) in [6.45, 7) is 2.72. The SMILES string of the molecule is CCCOc1ccc2ccccc2c1-c1nc2sc3c(c2c(=O)[nH]1)CCCC3. The van der Waals surface area contributed by atoms with E-state index in [1.54, 1.807) is 11.3 Å². The van der Waals surface area contributed by atoms with Gasteiger partial charge in [0, 0.05) is 4.88 Å². The lowest BCUT2D eigenvalue weighted by Gasteiger charge is -2.13. The van der Waals surface area contributed by atoms with Crippen molar-refractivity contribution in [3.63, 3.8) is 0 Å². The van der Waals surface area contributed by atoms with E-state index in [9.17, 15) is 4.79 Å². The molecule has 2 aromatic heterocycles. The zero-order chi connectivity index (χ0) is 19.1. The normalized spacial score (nSPS) is 13.8. The van der Waals surface area contributed by atoms with Crippen molar-refractivity contribution in [2.75, 3.05) is 6.61 Å². The van der Waals surface area contributed by atoms with Crippen LogP contribution in [0.15, 0.2) is 41.2 Å². The number of thiophene rings is 1. The van der Waals surface area contributed by atoms with Gasteiger partial charge in [0.1, 0.15) is 16.4 Å². The minimum atomic E-state index is -0.0335. The quantitative estimate of drug-likeness (QED) is 0.502. The number of nitrogens with one attached hydrogen (secondary N) is 1. The van der Waals surface area contributed by atoms with Crippen molar-refractivity contribution in [3.8, 4) is 17.1 Å². The van der Waals surface area contributed by atoms with Crippen LogP contribution in [0.4, 0.5) is 0 Å². The predicted molar refractivity (Wildman–Crippen MR) is 116 cm³/mol. The number of fused-ring (bicyclic) bond motifs is 4. The molecule has 0 fully saturated rings. The van der Waals surface area contributed by atoms with Crippen molar-refractivity contribution in [2.24, 2.45) is 0 Å². The maximum absolute atomic E-state index is 13.0. The number of ether oxygens (including phenoxy) is 1. The second kappa shape index (κ2) is 7.06. The van der Waals surface area contributed by atoms with Gasteiger partial charge in [0.05, 0.1) is 17.6 Å². The Labute approximate surface area is 167 Å². The molecular weight excluding hydrogens is 368 g/mol. The molecule has 142 valence electrons. The van der Waals surface area contributed by atoms with Crippen LogP contribution in [0.1, 0.15) is 36.6 Å². The first-order chi connectivity index (χ1) is 13.8. The number of aromatic nitrogens is 2. The van der Waals surface area contributed by atoms with Crippen LogP contribution in [-0.2, 0) is 12.8 Å². The molecule has 4 aromatic rings. The summed E-state index contributed by atoms with van der Waals surface area (Å²) < 4.78 is 6.02. The number of benzene rings is 2. The van der Waals surface area contributed by atoms with E-state index in [0.29, 0.717) is 12.4 Å². The van der Waals surface area contributed by atoms with E-state index >= 15 is 0 Å². The van der Waals surface area contributed by atoms with Crippen molar-refractivity contribution >= 4 is 32.3 Å². The van der Waals surface area contributed by atoms with Crippen molar-refractivity contribution < 1.29 is 4.74 Å². The Morgan fingerprint density at radius 1 is 1.14 bits per heavy atom. The Balaban J connectivity index is 1.77. The summed E-state index contributed by atoms with van der Waals surface area (Å²) in [5.41, 5.74) is 2.05. The smallest absolute Gasteiger partial charge is 0.260 e. The van der Waals surface area contributed by atoms with Crippen LogP contribution in [0, 0.1) is 0 Å². The van der Waals surface area contributed by atoms with E-state index in [0.717, 1.165) is 58.0 Å². The number of nitrogens with zero attached hydrogens (tertiary/aromatic N) is 1. The lowest BCUT2D eigenvalue weighted by molar-refractivity contribution is 0.319. The van der Waals surface area contributed by atoms with Gasteiger partial charge in [0.25, 0.3) is 5.56 Å². The first kappa shape index (κ1) is 17.4. The number of aryl methyl sites for hydroxylation is 2. The van der Waals surface area contributed by atoms with Crippen molar-refractivity contribution in [1.82, 2.24) is 9.97 Å². The molecule has 0 bridgehead atoms. The van der Waals surface area contributed by atoms with Gasteiger partial charge in [-0.25, -0.2) is 4.98 Å². The molecular formula is C23H22N2O2S. The second-order valence-electron chi connectivity index (χ2n) is 7.31. The van der Waals surface area contributed by atoms with Gasteiger partial charge in [0.2, 0.25) is 0 Å². The zero-order valence-corrected chi connectivity index (χ0v) is 16.7. The Morgan fingerprint density at radius 3 is 2.89 bits per heavy atom. The third-order valence-corrected chi connectivity index (χ3v) is 6.60. The molecule has 1 aliphatic rings. The maximum Gasteiger partial charge on any atom is 0.260 e. The fraction of sp³-hybridized carbons (Fsp3) is 0.304. The maximum atomic E-state index is 13.0. The first-order valence-corrected chi connectivity index (χ1v) is 10.8. The van der Waals surface area contributed by atoms with E-state index in [4.69, 9.17) is 9.72 Å². The van der Waals surface area contributed by atoms with Gasteiger partial charge in [0.15, 0.2) is 0 Å². The van der Waals surface area contributed by atoms with Crippen LogP contribution in [0.25, 0.3) is 32.4 Å². The van der Waals surface area contributed by atoms with Crippen molar-refractivity contribution in [2.45, 2.75) is 39.0 Å². The number of rotatable bonds is 4. The topological polar surface area (TPSA) is 55.0 Å². The summed E-state index contributed by atoms with van der Waals surface area (Å²) in [5, 5.41) is 2.94. The van der Waals surface area contributed by atoms with Crippen LogP contribution < -0.4 is 10.3 Å². The van der Waals surface area contributed by atoms with Gasteiger partial charge in [-0.3, -0.25) is 4.79 Å². The van der Waals surface area contributed by atoms with E-state index in [2.05, 4.69) is 30.1 Å². The van der Waals surface area contributed by atoms with Crippen molar-refractivity contribution in [3.05, 3.63) is 57.2 Å². The molecule has 1 aliphatic carbocycles. The molecule has 0 unspecified atom stereocenters. The highest BCUT2D eigenvalue weighted by Gasteiger charge is 2.21. The highest BCUT2D eigenvalue weighted by Crippen LogP contribution is 2.38. The molecule has 5 rings (SSSR count). The molecule has 0 spiro atoms. The van der Waals surface area contributed by atoms with Gasteiger partial charge >= 0.3 is 0 Å². The van der Waals surface area contributed by atoms with Crippen LogP contribution in [0.2, 0.25) is 0 Å². The van der Waals surface area contributed by atoms with Crippen LogP contribution in [-0.4, -0.2) is 16.6 Å². The largest absolute Gasteiger partial charge is 0.493 e. The fourth-order valence-electron chi connectivity index (χ4n) is 4.11. The first-order valence-electron chi connectivity index (χ1n) is 9.95. The molecule has 0 amide bonds. The van der Waals surface area contributed by atoms with Gasteiger partial charge in [-0.15, -0.1) is 11.3 Å². The number of aromatic amines is 1. The minimum absolute atomic E-state index is 0.0335. The van der Waals surface area contributed by atoms with E-state index < -0.39 is 0 Å². The number of H-pyrrole nitrogens is 1. The molecule has 2 aromatic carbocycles. The number of hydrogen-bond donors (Lipinski definition) is 1.